The lowest BCUT2D eigenvalue weighted by atomic mass is 10.0. The Bertz CT molecular complexity index is 523. The molecule has 0 aliphatic carbocycles. The third-order valence-corrected chi connectivity index (χ3v) is 4.66. The highest BCUT2D eigenvalue weighted by molar-refractivity contribution is 5.85. The van der Waals surface area contributed by atoms with Crippen molar-refractivity contribution >= 4 is 30.7 Å². The molecule has 1 aromatic carbocycles. The molecule has 3 atom stereocenters. The Morgan fingerprint density at radius 3 is 2.31 bits per heavy atom. The quantitative estimate of drug-likeness (QED) is 0.722. The van der Waals surface area contributed by atoms with Crippen LogP contribution in [0.25, 0.3) is 0 Å². The summed E-state index contributed by atoms with van der Waals surface area (Å²) in [5.41, 5.74) is 6.99. The SMILES string of the molecule is COc1ccc(C(CNC(=O)C(C)C(C)N)N2CCOCC2)cc1.Cl.Cl. The van der Waals surface area contributed by atoms with Gasteiger partial charge in [0.1, 0.15) is 5.75 Å². The zero-order valence-corrected chi connectivity index (χ0v) is 17.3. The molecule has 6 nitrogen and oxygen atoms in total. The van der Waals surface area contributed by atoms with E-state index in [4.69, 9.17) is 15.2 Å². The highest BCUT2D eigenvalue weighted by Crippen LogP contribution is 2.23. The summed E-state index contributed by atoms with van der Waals surface area (Å²) in [4.78, 5) is 14.6. The van der Waals surface area contributed by atoms with Crippen LogP contribution in [-0.2, 0) is 9.53 Å². The van der Waals surface area contributed by atoms with Crippen molar-refractivity contribution in [1.29, 1.82) is 0 Å². The molecule has 3 unspecified atom stereocenters. The van der Waals surface area contributed by atoms with Gasteiger partial charge in [0.2, 0.25) is 5.91 Å². The van der Waals surface area contributed by atoms with Gasteiger partial charge in [-0.15, -0.1) is 24.8 Å². The second kappa shape index (κ2) is 12.4. The Labute approximate surface area is 168 Å². The minimum atomic E-state index is -0.203. The van der Waals surface area contributed by atoms with Crippen molar-refractivity contribution in [3.63, 3.8) is 0 Å². The van der Waals surface area contributed by atoms with E-state index in [2.05, 4.69) is 22.3 Å². The number of ether oxygens (including phenoxy) is 2. The molecular weight excluding hydrogens is 377 g/mol. The molecule has 3 N–H and O–H groups in total. The second-order valence-electron chi connectivity index (χ2n) is 6.33. The average Bonchev–Trinajstić information content (AvgIpc) is 2.62. The molecule has 0 spiro atoms. The van der Waals surface area contributed by atoms with Crippen LogP contribution in [0.5, 0.6) is 5.75 Å². The van der Waals surface area contributed by atoms with Crippen LogP contribution in [-0.4, -0.2) is 56.8 Å². The van der Waals surface area contributed by atoms with Gasteiger partial charge in [0.05, 0.1) is 26.4 Å². The van der Waals surface area contributed by atoms with Crippen molar-refractivity contribution in [3.8, 4) is 5.75 Å². The Kier molecular flexibility index (Phi) is 11.9. The Hall–Kier alpha value is -1.05. The lowest BCUT2D eigenvalue weighted by molar-refractivity contribution is -0.125. The van der Waals surface area contributed by atoms with Crippen molar-refractivity contribution in [2.45, 2.75) is 25.9 Å². The van der Waals surface area contributed by atoms with Crippen LogP contribution < -0.4 is 15.8 Å². The highest BCUT2D eigenvalue weighted by Gasteiger charge is 2.25. The lowest BCUT2D eigenvalue weighted by Crippen LogP contribution is -2.46. The summed E-state index contributed by atoms with van der Waals surface area (Å²) in [7, 11) is 1.66. The fraction of sp³-hybridized carbons (Fsp3) is 0.611. The average molecular weight is 408 g/mol. The van der Waals surface area contributed by atoms with E-state index < -0.39 is 0 Å². The first-order valence-corrected chi connectivity index (χ1v) is 8.52. The summed E-state index contributed by atoms with van der Waals surface area (Å²) in [5.74, 6) is 0.622. The largest absolute Gasteiger partial charge is 0.497 e. The van der Waals surface area contributed by atoms with Gasteiger partial charge in [-0.2, -0.15) is 0 Å². The molecule has 2 rings (SSSR count). The topological polar surface area (TPSA) is 76.8 Å². The fourth-order valence-electron chi connectivity index (χ4n) is 2.77. The van der Waals surface area contributed by atoms with E-state index in [0.717, 1.165) is 37.6 Å². The maximum atomic E-state index is 12.2. The van der Waals surface area contributed by atoms with Crippen molar-refractivity contribution in [2.75, 3.05) is 40.0 Å². The molecule has 1 aliphatic rings. The molecule has 1 heterocycles. The number of nitrogens with zero attached hydrogens (tertiary/aromatic N) is 1. The number of rotatable bonds is 7. The number of hydrogen-bond acceptors (Lipinski definition) is 5. The number of carbonyl (C=O) groups is 1. The van der Waals surface area contributed by atoms with Gasteiger partial charge in [-0.3, -0.25) is 9.69 Å². The van der Waals surface area contributed by atoms with Gasteiger partial charge >= 0.3 is 0 Å². The lowest BCUT2D eigenvalue weighted by Gasteiger charge is -2.35. The number of benzene rings is 1. The van der Waals surface area contributed by atoms with Gasteiger partial charge in [-0.05, 0) is 24.6 Å². The van der Waals surface area contributed by atoms with Gasteiger partial charge in [-0.1, -0.05) is 19.1 Å². The molecule has 0 radical (unpaired) electrons. The normalized spacial score (nSPS) is 17.8. The molecule has 1 amide bonds. The predicted molar refractivity (Wildman–Crippen MR) is 108 cm³/mol. The monoisotopic (exact) mass is 407 g/mol. The van der Waals surface area contributed by atoms with Gasteiger partial charge in [0.25, 0.3) is 0 Å². The number of carbonyl (C=O) groups excluding carboxylic acids is 1. The maximum Gasteiger partial charge on any atom is 0.224 e. The van der Waals surface area contributed by atoms with E-state index >= 15 is 0 Å². The van der Waals surface area contributed by atoms with E-state index in [1.54, 1.807) is 7.11 Å². The van der Waals surface area contributed by atoms with Crippen molar-refractivity contribution in [3.05, 3.63) is 29.8 Å². The minimum absolute atomic E-state index is 0. The van der Waals surface area contributed by atoms with Crippen LogP contribution in [0.15, 0.2) is 24.3 Å². The van der Waals surface area contributed by atoms with Crippen LogP contribution in [0.3, 0.4) is 0 Å². The summed E-state index contributed by atoms with van der Waals surface area (Å²) in [6.07, 6.45) is 0. The van der Waals surface area contributed by atoms with E-state index in [1.165, 1.54) is 0 Å². The van der Waals surface area contributed by atoms with Crippen LogP contribution in [0.2, 0.25) is 0 Å². The van der Waals surface area contributed by atoms with Crippen LogP contribution >= 0.6 is 24.8 Å². The zero-order chi connectivity index (χ0) is 17.5. The van der Waals surface area contributed by atoms with Crippen molar-refractivity contribution in [1.82, 2.24) is 10.2 Å². The van der Waals surface area contributed by atoms with Gasteiger partial charge in [-0.25, -0.2) is 0 Å². The smallest absolute Gasteiger partial charge is 0.224 e. The summed E-state index contributed by atoms with van der Waals surface area (Å²) in [6.45, 7) is 7.42. The zero-order valence-electron chi connectivity index (χ0n) is 15.6. The van der Waals surface area contributed by atoms with Gasteiger partial charge < -0.3 is 20.5 Å². The predicted octanol–water partition coefficient (Wildman–Crippen LogP) is 2.01. The number of methoxy groups -OCH3 is 1. The maximum absolute atomic E-state index is 12.2. The molecule has 1 saturated heterocycles. The van der Waals surface area contributed by atoms with Gasteiger partial charge in [0, 0.05) is 31.6 Å². The van der Waals surface area contributed by atoms with E-state index in [0.29, 0.717) is 6.54 Å². The Morgan fingerprint density at radius 2 is 1.81 bits per heavy atom. The first kappa shape index (κ1) is 24.9. The summed E-state index contributed by atoms with van der Waals surface area (Å²) in [5, 5.41) is 3.06. The fourth-order valence-corrected chi connectivity index (χ4v) is 2.77. The summed E-state index contributed by atoms with van der Waals surface area (Å²) in [6, 6.07) is 7.97. The molecule has 0 bridgehead atoms. The molecule has 1 aliphatic heterocycles. The molecule has 1 aromatic rings. The minimum Gasteiger partial charge on any atom is -0.497 e. The molecule has 1 fully saturated rings. The standard InChI is InChI=1S/C18H29N3O3.2ClH/c1-13(14(2)19)18(22)20-12-17(21-8-10-24-11-9-21)15-4-6-16(23-3)7-5-15;;/h4-7,13-14,17H,8-12,19H2,1-3H3,(H,20,22);2*1H. The van der Waals surface area contributed by atoms with E-state index in [9.17, 15) is 4.79 Å². The summed E-state index contributed by atoms with van der Waals surface area (Å²) < 4.78 is 10.7. The first-order valence-electron chi connectivity index (χ1n) is 8.52. The third kappa shape index (κ3) is 6.93. The first-order chi connectivity index (χ1) is 11.5. The Balaban J connectivity index is 0.00000312. The molecular formula is C18H31Cl2N3O3. The van der Waals surface area contributed by atoms with Crippen LogP contribution in [0.4, 0.5) is 0 Å². The van der Waals surface area contributed by atoms with Crippen molar-refractivity contribution < 1.29 is 14.3 Å². The van der Waals surface area contributed by atoms with E-state index in [1.807, 2.05) is 26.0 Å². The summed E-state index contributed by atoms with van der Waals surface area (Å²) >= 11 is 0. The molecule has 150 valence electrons. The van der Waals surface area contributed by atoms with Crippen molar-refractivity contribution in [2.24, 2.45) is 11.7 Å². The number of nitrogens with two attached hydrogens (primary N) is 1. The van der Waals surface area contributed by atoms with Crippen LogP contribution in [0.1, 0.15) is 25.5 Å². The molecule has 26 heavy (non-hydrogen) atoms. The van der Waals surface area contributed by atoms with Gasteiger partial charge in [0.15, 0.2) is 0 Å². The number of morpholine rings is 1. The molecule has 0 saturated carbocycles. The number of hydrogen-bond donors (Lipinski definition) is 2. The number of halogens is 2. The molecule has 0 aromatic heterocycles. The van der Waals surface area contributed by atoms with Crippen LogP contribution in [0, 0.1) is 5.92 Å². The second-order valence-corrected chi connectivity index (χ2v) is 6.33. The highest BCUT2D eigenvalue weighted by atomic mass is 35.5. The van der Waals surface area contributed by atoms with E-state index in [-0.39, 0.29) is 48.7 Å². The third-order valence-electron chi connectivity index (χ3n) is 4.66. The number of amides is 1. The Morgan fingerprint density at radius 1 is 1.23 bits per heavy atom. The molecule has 8 heteroatoms. The number of nitrogens with one attached hydrogen (secondary N) is 1.